The van der Waals surface area contributed by atoms with E-state index in [1.54, 1.807) is 24.9 Å². The van der Waals surface area contributed by atoms with Crippen LogP contribution in [-0.2, 0) is 4.74 Å². The van der Waals surface area contributed by atoms with Gasteiger partial charge in [0.2, 0.25) is 0 Å². The number of rotatable bonds is 1. The van der Waals surface area contributed by atoms with Gasteiger partial charge in [-0.25, -0.2) is 9.18 Å². The topological polar surface area (TPSA) is 55.6 Å². The number of halogens is 1. The molecule has 0 unspecified atom stereocenters. The molecule has 0 heterocycles. The predicted octanol–water partition coefficient (Wildman–Crippen LogP) is 3.59. The highest BCUT2D eigenvalue weighted by atomic mass is 19.1. The molecule has 0 aromatic heterocycles. The molecule has 1 amide bonds. The lowest BCUT2D eigenvalue weighted by Crippen LogP contribution is -2.39. The molecule has 1 fully saturated rings. The van der Waals surface area contributed by atoms with Crippen molar-refractivity contribution in [3.8, 4) is 12.3 Å². The summed E-state index contributed by atoms with van der Waals surface area (Å²) in [6.45, 7) is 1.78. The summed E-state index contributed by atoms with van der Waals surface area (Å²) < 4.78 is 17.0. The van der Waals surface area contributed by atoms with E-state index in [1.807, 2.05) is 0 Å². The van der Waals surface area contributed by atoms with Crippen LogP contribution >= 0.6 is 0 Å². The third kappa shape index (κ3) is 5.82. The highest BCUT2D eigenvalue weighted by molar-refractivity contribution is 5.67. The number of ether oxygens (including phenoxy) is 1. The molecule has 1 aliphatic carbocycles. The molecule has 2 rings (SSSR count). The highest BCUT2D eigenvalue weighted by Gasteiger charge is 2.25. The van der Waals surface area contributed by atoms with Gasteiger partial charge in [0, 0.05) is 24.7 Å². The molecule has 2 N–H and O–H groups in total. The fourth-order valence-corrected chi connectivity index (χ4v) is 2.56. The average Bonchev–Trinajstić information content (AvgIpc) is 2.57. The van der Waals surface area contributed by atoms with Gasteiger partial charge < -0.3 is 15.4 Å². The maximum Gasteiger partial charge on any atom is 0.409 e. The van der Waals surface area contributed by atoms with Crippen molar-refractivity contribution in [2.24, 2.45) is 5.92 Å². The van der Waals surface area contributed by atoms with Gasteiger partial charge in [-0.2, -0.15) is 0 Å². The summed E-state index contributed by atoms with van der Waals surface area (Å²) in [6.07, 6.45) is 9.11. The Bertz CT molecular complexity index is 561. The minimum absolute atomic E-state index is 0.235. The molecular formula is C18H25FN2O2. The number of nitrogen functional groups attached to an aromatic ring is 1. The van der Waals surface area contributed by atoms with Crippen LogP contribution in [0.3, 0.4) is 0 Å². The van der Waals surface area contributed by atoms with E-state index >= 15 is 0 Å². The summed E-state index contributed by atoms with van der Waals surface area (Å²) in [5.41, 5.74) is 6.84. The molecule has 0 aliphatic heterocycles. The quantitative estimate of drug-likeness (QED) is 0.635. The largest absolute Gasteiger partial charge is 0.453 e. The van der Waals surface area contributed by atoms with Gasteiger partial charge in [0.15, 0.2) is 0 Å². The van der Waals surface area contributed by atoms with E-state index < -0.39 is 0 Å². The third-order valence-electron chi connectivity index (χ3n) is 4.17. The molecule has 1 aromatic rings. The predicted molar refractivity (Wildman–Crippen MR) is 90.3 cm³/mol. The van der Waals surface area contributed by atoms with Crippen LogP contribution in [0.2, 0.25) is 0 Å². The second kappa shape index (κ2) is 9.04. The van der Waals surface area contributed by atoms with Crippen LogP contribution in [0.1, 0.15) is 31.2 Å². The van der Waals surface area contributed by atoms with E-state index in [-0.39, 0.29) is 11.9 Å². The molecule has 0 radical (unpaired) electrons. The lowest BCUT2D eigenvalue weighted by atomic mass is 9.86. The number of carbonyl (C=O) groups is 1. The van der Waals surface area contributed by atoms with Gasteiger partial charge in [0.25, 0.3) is 0 Å². The Morgan fingerprint density at radius 3 is 2.43 bits per heavy atom. The number of hydrogen-bond acceptors (Lipinski definition) is 3. The van der Waals surface area contributed by atoms with Gasteiger partial charge in [-0.1, -0.05) is 0 Å². The van der Waals surface area contributed by atoms with E-state index in [9.17, 15) is 9.18 Å². The number of hydrogen-bond donors (Lipinski definition) is 1. The average molecular weight is 320 g/mol. The van der Waals surface area contributed by atoms with Crippen LogP contribution in [-0.4, -0.2) is 31.2 Å². The zero-order chi connectivity index (χ0) is 17.4. The SMILES string of the molecule is C#CC1CCC(N(C)C(=O)OC)CC1.Cc1cc(F)ccc1N. The molecule has 23 heavy (non-hydrogen) atoms. The number of methoxy groups -OCH3 is 1. The first kappa shape index (κ1) is 18.8. The number of benzene rings is 1. The van der Waals surface area contributed by atoms with Crippen molar-refractivity contribution >= 4 is 11.8 Å². The summed E-state index contributed by atoms with van der Waals surface area (Å²) in [5, 5.41) is 0. The van der Waals surface area contributed by atoms with Crippen molar-refractivity contribution in [1.29, 1.82) is 0 Å². The minimum Gasteiger partial charge on any atom is -0.453 e. The molecule has 1 aromatic carbocycles. The molecule has 1 saturated carbocycles. The Morgan fingerprint density at radius 1 is 1.39 bits per heavy atom. The Kier molecular flexibility index (Phi) is 7.40. The van der Waals surface area contributed by atoms with E-state index in [0.717, 1.165) is 31.2 Å². The van der Waals surface area contributed by atoms with Crippen LogP contribution in [0.4, 0.5) is 14.9 Å². The van der Waals surface area contributed by atoms with Gasteiger partial charge in [-0.15, -0.1) is 12.3 Å². The summed E-state index contributed by atoms with van der Waals surface area (Å²) in [6, 6.07) is 4.62. The minimum atomic E-state index is -0.255. The van der Waals surface area contributed by atoms with Crippen LogP contribution in [0, 0.1) is 31.0 Å². The van der Waals surface area contributed by atoms with Crippen molar-refractivity contribution in [3.05, 3.63) is 29.6 Å². The number of aryl methyl sites for hydroxylation is 1. The molecule has 0 atom stereocenters. The third-order valence-corrected chi connectivity index (χ3v) is 4.17. The Hall–Kier alpha value is -2.22. The molecule has 1 aliphatic rings. The van der Waals surface area contributed by atoms with E-state index in [4.69, 9.17) is 12.2 Å². The monoisotopic (exact) mass is 320 g/mol. The standard InChI is InChI=1S/C11H17NO2.C7H8FN/c1-4-9-5-7-10(8-6-9)12(2)11(13)14-3;1-5-4-6(8)2-3-7(5)9/h1,9-10H,5-8H2,2-3H3;2-4H,9H2,1H3. The smallest absolute Gasteiger partial charge is 0.409 e. The van der Waals surface area contributed by atoms with Crippen LogP contribution in [0.5, 0.6) is 0 Å². The maximum absolute atomic E-state index is 12.3. The first-order valence-electron chi connectivity index (χ1n) is 7.67. The van der Waals surface area contributed by atoms with Gasteiger partial charge in [0.05, 0.1) is 7.11 Å². The van der Waals surface area contributed by atoms with Gasteiger partial charge in [0.1, 0.15) is 5.82 Å². The molecule has 126 valence electrons. The summed E-state index contributed by atoms with van der Waals surface area (Å²) >= 11 is 0. The number of nitrogens with zero attached hydrogens (tertiary/aromatic N) is 1. The normalized spacial score (nSPS) is 19.8. The number of anilines is 1. The lowest BCUT2D eigenvalue weighted by Gasteiger charge is -2.32. The Balaban J connectivity index is 0.000000253. The van der Waals surface area contributed by atoms with Gasteiger partial charge in [-0.3, -0.25) is 0 Å². The van der Waals surface area contributed by atoms with Crippen molar-refractivity contribution in [2.45, 2.75) is 38.6 Å². The van der Waals surface area contributed by atoms with Crippen LogP contribution in [0.15, 0.2) is 18.2 Å². The van der Waals surface area contributed by atoms with Crippen molar-refractivity contribution in [2.75, 3.05) is 19.9 Å². The maximum atomic E-state index is 12.3. The van der Waals surface area contributed by atoms with Crippen molar-refractivity contribution < 1.29 is 13.9 Å². The summed E-state index contributed by atoms with van der Waals surface area (Å²) in [7, 11) is 3.19. The number of carbonyl (C=O) groups excluding carboxylic acids is 1. The molecule has 4 nitrogen and oxygen atoms in total. The Labute approximate surface area is 137 Å². The highest BCUT2D eigenvalue weighted by Crippen LogP contribution is 2.26. The van der Waals surface area contributed by atoms with Crippen molar-refractivity contribution in [3.63, 3.8) is 0 Å². The van der Waals surface area contributed by atoms with Crippen molar-refractivity contribution in [1.82, 2.24) is 4.90 Å². The van der Waals surface area contributed by atoms with Gasteiger partial charge in [-0.05, 0) is 56.4 Å². The van der Waals surface area contributed by atoms with Gasteiger partial charge >= 0.3 is 6.09 Å². The van der Waals surface area contributed by atoms with Crippen LogP contribution < -0.4 is 5.73 Å². The molecule has 0 saturated heterocycles. The first-order chi connectivity index (χ1) is 10.9. The fourth-order valence-electron chi connectivity index (χ4n) is 2.56. The zero-order valence-corrected chi connectivity index (χ0v) is 14.0. The molecular weight excluding hydrogens is 295 g/mol. The lowest BCUT2D eigenvalue weighted by molar-refractivity contribution is 0.105. The molecule has 0 bridgehead atoms. The number of nitrogens with two attached hydrogens (primary N) is 1. The summed E-state index contributed by atoms with van der Waals surface area (Å²) in [4.78, 5) is 12.9. The van der Waals surface area contributed by atoms with E-state index in [2.05, 4.69) is 10.7 Å². The summed E-state index contributed by atoms with van der Waals surface area (Å²) in [5.74, 6) is 2.94. The number of terminal acetylenes is 1. The van der Waals surface area contributed by atoms with E-state index in [1.165, 1.54) is 19.2 Å². The fraction of sp³-hybridized carbons (Fsp3) is 0.500. The van der Waals surface area contributed by atoms with Crippen LogP contribution in [0.25, 0.3) is 0 Å². The molecule has 0 spiro atoms. The zero-order valence-electron chi connectivity index (χ0n) is 14.0. The van der Waals surface area contributed by atoms with E-state index in [0.29, 0.717) is 17.6 Å². The second-order valence-electron chi connectivity index (χ2n) is 5.75. The Morgan fingerprint density at radius 2 is 2.00 bits per heavy atom. The first-order valence-corrected chi connectivity index (χ1v) is 7.67. The number of amides is 1. The molecule has 5 heteroatoms. The second-order valence-corrected chi connectivity index (χ2v) is 5.75.